The van der Waals surface area contributed by atoms with Crippen LogP contribution in [0, 0.1) is 11.8 Å². The zero-order valence-electron chi connectivity index (χ0n) is 19.7. The van der Waals surface area contributed by atoms with Gasteiger partial charge in [-0.3, -0.25) is 4.90 Å². The molecule has 2 saturated carbocycles. The van der Waals surface area contributed by atoms with E-state index in [4.69, 9.17) is 9.47 Å². The standard InChI is InChI=1S/C26H48N2O2/c1-21-25(22-12-8-4-2-3-5-9-13-22)18-24(19-27-21)30-20-26-28(16-17-29-26)23-14-10-6-7-11-15-23/h21-27H,2-20H2,1H3. The van der Waals surface area contributed by atoms with E-state index in [1.165, 1.54) is 96.3 Å². The fraction of sp³-hybridized carbons (Fsp3) is 1.00. The van der Waals surface area contributed by atoms with Crippen molar-refractivity contribution in [3.8, 4) is 0 Å². The van der Waals surface area contributed by atoms with Crippen molar-refractivity contribution >= 4 is 0 Å². The van der Waals surface area contributed by atoms with E-state index >= 15 is 0 Å². The quantitative estimate of drug-likeness (QED) is 0.595. The Bertz CT molecular complexity index is 470. The number of rotatable bonds is 5. The highest BCUT2D eigenvalue weighted by atomic mass is 16.6. The normalized spacial score (nSPS) is 36.7. The van der Waals surface area contributed by atoms with E-state index in [2.05, 4.69) is 17.1 Å². The Kier molecular flexibility index (Phi) is 9.34. The molecule has 4 unspecified atom stereocenters. The smallest absolute Gasteiger partial charge is 0.134 e. The fourth-order valence-electron chi connectivity index (χ4n) is 6.78. The Morgan fingerprint density at radius 3 is 2.20 bits per heavy atom. The first-order valence-electron chi connectivity index (χ1n) is 13.5. The number of hydrogen-bond acceptors (Lipinski definition) is 4. The zero-order valence-corrected chi connectivity index (χ0v) is 19.7. The van der Waals surface area contributed by atoms with Gasteiger partial charge in [0.25, 0.3) is 0 Å². The van der Waals surface area contributed by atoms with Crippen LogP contribution in [-0.4, -0.2) is 55.6 Å². The van der Waals surface area contributed by atoms with E-state index < -0.39 is 0 Å². The third-order valence-corrected chi connectivity index (χ3v) is 8.65. The molecule has 0 aromatic heterocycles. The topological polar surface area (TPSA) is 33.7 Å². The summed E-state index contributed by atoms with van der Waals surface area (Å²) in [4.78, 5) is 2.64. The average Bonchev–Trinajstić information content (AvgIpc) is 3.13. The molecule has 0 aromatic carbocycles. The summed E-state index contributed by atoms with van der Waals surface area (Å²) >= 11 is 0. The molecule has 0 aromatic rings. The fourth-order valence-corrected chi connectivity index (χ4v) is 6.78. The van der Waals surface area contributed by atoms with Gasteiger partial charge in [-0.15, -0.1) is 0 Å². The molecule has 4 rings (SSSR count). The highest BCUT2D eigenvalue weighted by Crippen LogP contribution is 2.35. The first-order chi connectivity index (χ1) is 14.8. The second kappa shape index (κ2) is 12.2. The Balaban J connectivity index is 1.27. The molecule has 4 heteroatoms. The van der Waals surface area contributed by atoms with Crippen molar-refractivity contribution in [3.63, 3.8) is 0 Å². The van der Waals surface area contributed by atoms with Gasteiger partial charge in [-0.05, 0) is 38.0 Å². The molecule has 1 N–H and O–H groups in total. The molecule has 2 aliphatic carbocycles. The summed E-state index contributed by atoms with van der Waals surface area (Å²) in [7, 11) is 0. The number of nitrogens with zero attached hydrogens (tertiary/aromatic N) is 1. The van der Waals surface area contributed by atoms with E-state index in [1.807, 2.05) is 0 Å². The summed E-state index contributed by atoms with van der Waals surface area (Å²) in [6.45, 7) is 6.18. The van der Waals surface area contributed by atoms with Crippen molar-refractivity contribution in [1.82, 2.24) is 10.2 Å². The maximum absolute atomic E-state index is 6.54. The monoisotopic (exact) mass is 420 g/mol. The Morgan fingerprint density at radius 2 is 1.50 bits per heavy atom. The van der Waals surface area contributed by atoms with Crippen LogP contribution >= 0.6 is 0 Å². The molecular weight excluding hydrogens is 372 g/mol. The summed E-state index contributed by atoms with van der Waals surface area (Å²) in [5.41, 5.74) is 0. The van der Waals surface area contributed by atoms with E-state index in [9.17, 15) is 0 Å². The predicted molar refractivity (Wildman–Crippen MR) is 124 cm³/mol. The van der Waals surface area contributed by atoms with Crippen LogP contribution in [0.1, 0.15) is 103 Å². The lowest BCUT2D eigenvalue weighted by Crippen LogP contribution is -2.50. The number of piperidine rings is 1. The van der Waals surface area contributed by atoms with Crippen LogP contribution in [0.25, 0.3) is 0 Å². The van der Waals surface area contributed by atoms with Gasteiger partial charge in [-0.25, -0.2) is 0 Å². The van der Waals surface area contributed by atoms with Crippen LogP contribution in [-0.2, 0) is 9.47 Å². The van der Waals surface area contributed by atoms with E-state index in [0.717, 1.165) is 44.2 Å². The minimum atomic E-state index is 0.191. The molecule has 2 heterocycles. The number of nitrogens with one attached hydrogen (secondary N) is 1. The second-order valence-electron chi connectivity index (χ2n) is 10.7. The average molecular weight is 421 g/mol. The summed E-state index contributed by atoms with van der Waals surface area (Å²) < 4.78 is 12.7. The van der Waals surface area contributed by atoms with Crippen molar-refractivity contribution in [3.05, 3.63) is 0 Å². The summed E-state index contributed by atoms with van der Waals surface area (Å²) in [6, 6.07) is 1.36. The Labute approximate surface area is 185 Å². The maximum Gasteiger partial charge on any atom is 0.134 e. The molecule has 174 valence electrons. The SMILES string of the molecule is CC1NCC(OCC2OCCN2C2CCCCCC2)CC1C1CCCCCCCC1. The van der Waals surface area contributed by atoms with Crippen LogP contribution in [0.4, 0.5) is 0 Å². The maximum atomic E-state index is 6.54. The third-order valence-electron chi connectivity index (χ3n) is 8.65. The van der Waals surface area contributed by atoms with Crippen molar-refractivity contribution in [2.75, 3.05) is 26.3 Å². The lowest BCUT2D eigenvalue weighted by atomic mass is 9.75. The van der Waals surface area contributed by atoms with Gasteiger partial charge >= 0.3 is 0 Å². The van der Waals surface area contributed by atoms with Crippen molar-refractivity contribution in [1.29, 1.82) is 0 Å². The molecular formula is C26H48N2O2. The van der Waals surface area contributed by atoms with Crippen LogP contribution in [0.3, 0.4) is 0 Å². The van der Waals surface area contributed by atoms with Crippen molar-refractivity contribution < 1.29 is 9.47 Å². The van der Waals surface area contributed by atoms with Crippen molar-refractivity contribution in [2.24, 2.45) is 11.8 Å². The molecule has 30 heavy (non-hydrogen) atoms. The van der Waals surface area contributed by atoms with Crippen LogP contribution in [0.15, 0.2) is 0 Å². The molecule has 4 atom stereocenters. The molecule has 0 spiro atoms. The summed E-state index contributed by atoms with van der Waals surface area (Å²) in [6.07, 6.45) is 21.7. The van der Waals surface area contributed by atoms with E-state index in [0.29, 0.717) is 12.1 Å². The molecule has 0 bridgehead atoms. The largest absolute Gasteiger partial charge is 0.373 e. The second-order valence-corrected chi connectivity index (χ2v) is 10.7. The van der Waals surface area contributed by atoms with Gasteiger partial charge in [0.05, 0.1) is 19.3 Å². The summed E-state index contributed by atoms with van der Waals surface area (Å²) in [5.74, 6) is 1.67. The van der Waals surface area contributed by atoms with Gasteiger partial charge in [0.15, 0.2) is 0 Å². The molecule has 0 radical (unpaired) electrons. The van der Waals surface area contributed by atoms with Gasteiger partial charge in [-0.1, -0.05) is 77.0 Å². The van der Waals surface area contributed by atoms with Gasteiger partial charge in [-0.2, -0.15) is 0 Å². The van der Waals surface area contributed by atoms with Crippen LogP contribution < -0.4 is 5.32 Å². The first kappa shape index (κ1) is 23.0. The predicted octanol–water partition coefficient (Wildman–Crippen LogP) is 5.50. The van der Waals surface area contributed by atoms with E-state index in [-0.39, 0.29) is 6.23 Å². The van der Waals surface area contributed by atoms with Crippen LogP contribution in [0.5, 0.6) is 0 Å². The number of ether oxygens (including phenoxy) is 2. The lowest BCUT2D eigenvalue weighted by Gasteiger charge is -2.40. The molecule has 2 saturated heterocycles. The number of hydrogen-bond donors (Lipinski definition) is 1. The minimum Gasteiger partial charge on any atom is -0.373 e. The molecule has 0 amide bonds. The summed E-state index contributed by atoms with van der Waals surface area (Å²) in [5, 5.41) is 3.81. The van der Waals surface area contributed by atoms with Crippen molar-refractivity contribution in [2.45, 2.75) is 128 Å². The first-order valence-corrected chi connectivity index (χ1v) is 13.5. The van der Waals surface area contributed by atoms with Gasteiger partial charge in [0, 0.05) is 25.2 Å². The third kappa shape index (κ3) is 6.43. The van der Waals surface area contributed by atoms with Gasteiger partial charge in [0.1, 0.15) is 6.23 Å². The molecule has 2 aliphatic heterocycles. The van der Waals surface area contributed by atoms with E-state index in [1.54, 1.807) is 0 Å². The molecule has 4 nitrogen and oxygen atoms in total. The molecule has 4 fully saturated rings. The van der Waals surface area contributed by atoms with Gasteiger partial charge in [0.2, 0.25) is 0 Å². The molecule has 4 aliphatic rings. The Hall–Kier alpha value is -0.160. The highest BCUT2D eigenvalue weighted by Gasteiger charge is 2.36. The Morgan fingerprint density at radius 1 is 0.867 bits per heavy atom. The minimum absolute atomic E-state index is 0.191. The zero-order chi connectivity index (χ0) is 20.6. The van der Waals surface area contributed by atoms with Gasteiger partial charge < -0.3 is 14.8 Å². The highest BCUT2D eigenvalue weighted by molar-refractivity contribution is 4.88. The lowest BCUT2D eigenvalue weighted by molar-refractivity contribution is -0.0878. The van der Waals surface area contributed by atoms with Crippen LogP contribution in [0.2, 0.25) is 0 Å².